The van der Waals surface area contributed by atoms with Gasteiger partial charge in [0.25, 0.3) is 0 Å². The maximum absolute atomic E-state index is 5.86. The van der Waals surface area contributed by atoms with Crippen molar-refractivity contribution in [2.45, 2.75) is 46.1 Å². The van der Waals surface area contributed by atoms with Crippen LogP contribution in [0.4, 0.5) is 0 Å². The van der Waals surface area contributed by atoms with Crippen molar-refractivity contribution in [2.75, 3.05) is 32.8 Å². The van der Waals surface area contributed by atoms with E-state index in [1.807, 2.05) is 0 Å². The molecule has 0 aromatic carbocycles. The summed E-state index contributed by atoms with van der Waals surface area (Å²) in [6, 6.07) is 0. The van der Waals surface area contributed by atoms with Crippen molar-refractivity contribution in [1.29, 1.82) is 0 Å². The Balaban J connectivity index is 1.87. The van der Waals surface area contributed by atoms with Gasteiger partial charge in [-0.1, -0.05) is 20.8 Å². The maximum Gasteiger partial charge on any atom is 0.0599 e. The minimum Gasteiger partial charge on any atom is -0.378 e. The van der Waals surface area contributed by atoms with Gasteiger partial charge in [-0.05, 0) is 57.3 Å². The molecule has 17 heavy (non-hydrogen) atoms. The van der Waals surface area contributed by atoms with Crippen LogP contribution in [-0.4, -0.2) is 38.9 Å². The number of rotatable bonds is 8. The summed E-state index contributed by atoms with van der Waals surface area (Å²) < 4.78 is 5.86. The first kappa shape index (κ1) is 14.9. The minimum absolute atomic E-state index is 0.505. The molecule has 1 atom stereocenters. The third-order valence-electron chi connectivity index (χ3n) is 3.74. The van der Waals surface area contributed by atoms with E-state index in [1.165, 1.54) is 12.8 Å². The molecule has 1 rings (SSSR count). The van der Waals surface area contributed by atoms with Crippen LogP contribution in [0, 0.1) is 11.8 Å². The average molecular weight is 242 g/mol. The molecule has 0 saturated carbocycles. The fourth-order valence-electron chi connectivity index (χ4n) is 1.97. The molecule has 2 N–H and O–H groups in total. The number of ether oxygens (including phenoxy) is 1. The molecule has 1 saturated heterocycles. The summed E-state index contributed by atoms with van der Waals surface area (Å²) in [5.41, 5.74) is 0. The Hall–Kier alpha value is -0.120. The molecule has 1 fully saturated rings. The third kappa shape index (κ3) is 7.02. The van der Waals surface area contributed by atoms with Crippen molar-refractivity contribution < 1.29 is 4.74 Å². The van der Waals surface area contributed by atoms with Gasteiger partial charge in [0.1, 0.15) is 0 Å². The maximum atomic E-state index is 5.86. The molecule has 3 heteroatoms. The van der Waals surface area contributed by atoms with Gasteiger partial charge in [0.2, 0.25) is 0 Å². The summed E-state index contributed by atoms with van der Waals surface area (Å²) in [7, 11) is 0. The van der Waals surface area contributed by atoms with E-state index in [-0.39, 0.29) is 0 Å². The van der Waals surface area contributed by atoms with Gasteiger partial charge in [-0.3, -0.25) is 0 Å². The molecule has 0 spiro atoms. The van der Waals surface area contributed by atoms with Crippen molar-refractivity contribution in [2.24, 2.45) is 11.8 Å². The Morgan fingerprint density at radius 2 is 1.94 bits per heavy atom. The number of hydrogen-bond donors (Lipinski definition) is 2. The van der Waals surface area contributed by atoms with E-state index in [4.69, 9.17) is 4.74 Å². The largest absolute Gasteiger partial charge is 0.378 e. The fraction of sp³-hybridized carbons (Fsp3) is 1.00. The van der Waals surface area contributed by atoms with E-state index in [9.17, 15) is 0 Å². The monoisotopic (exact) mass is 242 g/mol. The molecule has 0 amide bonds. The van der Waals surface area contributed by atoms with E-state index in [0.29, 0.717) is 6.10 Å². The number of piperidine rings is 1. The zero-order valence-electron chi connectivity index (χ0n) is 11.8. The highest BCUT2D eigenvalue weighted by Crippen LogP contribution is 2.08. The first-order valence-corrected chi connectivity index (χ1v) is 7.23. The van der Waals surface area contributed by atoms with E-state index in [0.717, 1.165) is 51.0 Å². The SMILES string of the molecule is CC(C)C(C)CNCCCOC1CCNCC1. The summed E-state index contributed by atoms with van der Waals surface area (Å²) in [6.45, 7) is 12.2. The average Bonchev–Trinajstić information content (AvgIpc) is 2.34. The smallest absolute Gasteiger partial charge is 0.0599 e. The summed E-state index contributed by atoms with van der Waals surface area (Å²) in [6.07, 6.45) is 4.00. The fourth-order valence-corrected chi connectivity index (χ4v) is 1.97. The highest BCUT2D eigenvalue weighted by molar-refractivity contribution is 4.68. The van der Waals surface area contributed by atoms with Gasteiger partial charge in [0.15, 0.2) is 0 Å². The Kier molecular flexibility index (Phi) is 7.82. The van der Waals surface area contributed by atoms with Crippen LogP contribution in [0.25, 0.3) is 0 Å². The van der Waals surface area contributed by atoms with Crippen LogP contribution in [0.2, 0.25) is 0 Å². The molecule has 3 nitrogen and oxygen atoms in total. The molecule has 0 aromatic heterocycles. The molecule has 0 aromatic rings. The number of hydrogen-bond acceptors (Lipinski definition) is 3. The van der Waals surface area contributed by atoms with Crippen molar-refractivity contribution in [3.8, 4) is 0 Å². The molecule has 0 radical (unpaired) electrons. The standard InChI is InChI=1S/C14H30N2O/c1-12(2)13(3)11-16-7-4-10-17-14-5-8-15-9-6-14/h12-16H,4-11H2,1-3H3. The zero-order valence-corrected chi connectivity index (χ0v) is 11.8. The van der Waals surface area contributed by atoms with Gasteiger partial charge >= 0.3 is 0 Å². The van der Waals surface area contributed by atoms with Gasteiger partial charge in [0, 0.05) is 6.61 Å². The molecule has 0 bridgehead atoms. The molecule has 1 heterocycles. The van der Waals surface area contributed by atoms with Gasteiger partial charge in [0.05, 0.1) is 6.10 Å². The second-order valence-electron chi connectivity index (χ2n) is 5.60. The van der Waals surface area contributed by atoms with Crippen LogP contribution in [-0.2, 0) is 4.74 Å². The Morgan fingerprint density at radius 1 is 1.24 bits per heavy atom. The van der Waals surface area contributed by atoms with Crippen LogP contribution in [0.5, 0.6) is 0 Å². The van der Waals surface area contributed by atoms with E-state index < -0.39 is 0 Å². The molecule has 102 valence electrons. The van der Waals surface area contributed by atoms with Gasteiger partial charge in [-0.25, -0.2) is 0 Å². The predicted octanol–water partition coefficient (Wildman–Crippen LogP) is 2.03. The van der Waals surface area contributed by atoms with Crippen molar-refractivity contribution in [3.63, 3.8) is 0 Å². The summed E-state index contributed by atoms with van der Waals surface area (Å²) in [4.78, 5) is 0. The Morgan fingerprint density at radius 3 is 2.59 bits per heavy atom. The lowest BCUT2D eigenvalue weighted by Gasteiger charge is -2.23. The van der Waals surface area contributed by atoms with Gasteiger partial charge in [-0.2, -0.15) is 0 Å². The van der Waals surface area contributed by atoms with Gasteiger partial charge in [-0.15, -0.1) is 0 Å². The highest BCUT2D eigenvalue weighted by atomic mass is 16.5. The second-order valence-corrected chi connectivity index (χ2v) is 5.60. The lowest BCUT2D eigenvalue weighted by Crippen LogP contribution is -2.33. The lowest BCUT2D eigenvalue weighted by molar-refractivity contribution is 0.0317. The van der Waals surface area contributed by atoms with E-state index in [1.54, 1.807) is 0 Å². The zero-order chi connectivity index (χ0) is 12.5. The van der Waals surface area contributed by atoms with Crippen LogP contribution < -0.4 is 10.6 Å². The van der Waals surface area contributed by atoms with E-state index in [2.05, 4.69) is 31.4 Å². The highest BCUT2D eigenvalue weighted by Gasteiger charge is 2.12. The normalized spacial score (nSPS) is 19.8. The Bertz CT molecular complexity index is 179. The topological polar surface area (TPSA) is 33.3 Å². The van der Waals surface area contributed by atoms with Crippen molar-refractivity contribution in [3.05, 3.63) is 0 Å². The Labute approximate surface area is 107 Å². The number of nitrogens with one attached hydrogen (secondary N) is 2. The predicted molar refractivity (Wildman–Crippen MR) is 73.3 cm³/mol. The van der Waals surface area contributed by atoms with E-state index >= 15 is 0 Å². The summed E-state index contributed by atoms with van der Waals surface area (Å²) in [5.74, 6) is 1.54. The van der Waals surface area contributed by atoms with Crippen molar-refractivity contribution in [1.82, 2.24) is 10.6 Å². The molecule has 1 aliphatic rings. The molecule has 0 aliphatic carbocycles. The summed E-state index contributed by atoms with van der Waals surface area (Å²) in [5, 5.41) is 6.87. The molecular weight excluding hydrogens is 212 g/mol. The minimum atomic E-state index is 0.505. The lowest BCUT2D eigenvalue weighted by atomic mass is 9.98. The van der Waals surface area contributed by atoms with Crippen LogP contribution >= 0.6 is 0 Å². The molecule has 1 unspecified atom stereocenters. The molecular formula is C14H30N2O. The van der Waals surface area contributed by atoms with Gasteiger partial charge < -0.3 is 15.4 Å². The first-order chi connectivity index (χ1) is 8.20. The van der Waals surface area contributed by atoms with Crippen LogP contribution in [0.1, 0.15) is 40.0 Å². The van der Waals surface area contributed by atoms with Crippen LogP contribution in [0.3, 0.4) is 0 Å². The second kappa shape index (κ2) is 8.90. The van der Waals surface area contributed by atoms with Crippen molar-refractivity contribution >= 4 is 0 Å². The van der Waals surface area contributed by atoms with Crippen LogP contribution in [0.15, 0.2) is 0 Å². The third-order valence-corrected chi connectivity index (χ3v) is 3.74. The molecule has 1 aliphatic heterocycles. The first-order valence-electron chi connectivity index (χ1n) is 7.23. The quantitative estimate of drug-likeness (QED) is 0.639. The summed E-state index contributed by atoms with van der Waals surface area (Å²) >= 11 is 0.